The van der Waals surface area contributed by atoms with Crippen LogP contribution in [0.5, 0.6) is 11.5 Å². The molecule has 1 aromatic carbocycles. The van der Waals surface area contributed by atoms with Crippen LogP contribution in [0, 0.1) is 0 Å². The summed E-state index contributed by atoms with van der Waals surface area (Å²) in [7, 11) is 1.57. The first-order valence-corrected chi connectivity index (χ1v) is 8.54. The molecule has 1 aliphatic heterocycles. The van der Waals surface area contributed by atoms with Crippen LogP contribution in [0.4, 0.5) is 0 Å². The van der Waals surface area contributed by atoms with Gasteiger partial charge >= 0.3 is 0 Å². The Morgan fingerprint density at radius 1 is 1.35 bits per heavy atom. The van der Waals surface area contributed by atoms with Gasteiger partial charge in [-0.3, -0.25) is 9.59 Å². The maximum atomic E-state index is 12.1. The number of rotatable bonds is 7. The normalized spacial score (nSPS) is 16.3. The maximum Gasteiger partial charge on any atom is 0.260 e. The number of aromatic nitrogens is 1. The second-order valence-corrected chi connectivity index (χ2v) is 6.03. The van der Waals surface area contributed by atoms with Crippen molar-refractivity contribution in [2.45, 2.75) is 25.5 Å². The topological polar surface area (TPSA) is 89.7 Å². The molecule has 2 heterocycles. The van der Waals surface area contributed by atoms with Gasteiger partial charge in [0.25, 0.3) is 11.5 Å². The Hall–Kier alpha value is -2.80. The highest BCUT2D eigenvalue weighted by Crippen LogP contribution is 2.29. The van der Waals surface area contributed by atoms with Gasteiger partial charge in [0.15, 0.2) is 11.5 Å². The lowest BCUT2D eigenvalue weighted by atomic mass is 10.2. The molecule has 1 fully saturated rings. The molecule has 3 rings (SSSR count). The third-order valence-corrected chi connectivity index (χ3v) is 4.19. The van der Waals surface area contributed by atoms with Crippen molar-refractivity contribution in [1.82, 2.24) is 10.3 Å². The Labute approximate surface area is 151 Å². The number of amides is 1. The van der Waals surface area contributed by atoms with Crippen molar-refractivity contribution in [2.24, 2.45) is 0 Å². The van der Waals surface area contributed by atoms with Gasteiger partial charge in [-0.25, -0.2) is 0 Å². The standard InChI is InChI=1S/C19H22N2O5/c1-24-17-10-13(6-7-16(17)26-12-14-4-3-9-25-14)11-21-19(23)15-5-2-8-20-18(15)22/h2,5-8,10,14H,3-4,9,11-12H2,1H3,(H,20,22)(H,21,23). The van der Waals surface area contributed by atoms with E-state index in [0.717, 1.165) is 25.0 Å². The molecule has 7 heteroatoms. The number of methoxy groups -OCH3 is 1. The van der Waals surface area contributed by atoms with Crippen molar-refractivity contribution in [3.63, 3.8) is 0 Å². The van der Waals surface area contributed by atoms with Gasteiger partial charge in [0, 0.05) is 19.3 Å². The van der Waals surface area contributed by atoms with Crippen LogP contribution in [0.2, 0.25) is 0 Å². The minimum Gasteiger partial charge on any atom is -0.493 e. The zero-order chi connectivity index (χ0) is 18.4. The fourth-order valence-corrected chi connectivity index (χ4v) is 2.78. The van der Waals surface area contributed by atoms with Crippen LogP contribution in [0.25, 0.3) is 0 Å². The minimum absolute atomic E-state index is 0.0796. The lowest BCUT2D eigenvalue weighted by Crippen LogP contribution is -2.28. The van der Waals surface area contributed by atoms with Crippen LogP contribution in [0.3, 0.4) is 0 Å². The Bertz CT molecular complexity index is 812. The van der Waals surface area contributed by atoms with Gasteiger partial charge in [0.1, 0.15) is 12.2 Å². The summed E-state index contributed by atoms with van der Waals surface area (Å²) < 4.78 is 16.7. The highest BCUT2D eigenvalue weighted by Gasteiger charge is 2.17. The fourth-order valence-electron chi connectivity index (χ4n) is 2.78. The number of carbonyl (C=O) groups is 1. The van der Waals surface area contributed by atoms with Crippen LogP contribution in [-0.2, 0) is 11.3 Å². The summed E-state index contributed by atoms with van der Waals surface area (Å²) in [4.78, 5) is 26.2. The van der Waals surface area contributed by atoms with Crippen LogP contribution < -0.4 is 20.3 Å². The molecule has 26 heavy (non-hydrogen) atoms. The van der Waals surface area contributed by atoms with E-state index < -0.39 is 11.5 Å². The average Bonchev–Trinajstić information content (AvgIpc) is 3.18. The summed E-state index contributed by atoms with van der Waals surface area (Å²) in [6.45, 7) is 1.55. The Balaban J connectivity index is 1.60. The summed E-state index contributed by atoms with van der Waals surface area (Å²) in [6, 6.07) is 8.56. The SMILES string of the molecule is COc1cc(CNC(=O)c2ccc[nH]c2=O)ccc1OCC1CCCO1. The largest absolute Gasteiger partial charge is 0.493 e. The van der Waals surface area contributed by atoms with Crippen LogP contribution in [0.1, 0.15) is 28.8 Å². The summed E-state index contributed by atoms with van der Waals surface area (Å²) in [5.74, 6) is 0.800. The number of nitrogens with one attached hydrogen (secondary N) is 2. The third-order valence-electron chi connectivity index (χ3n) is 4.19. The van der Waals surface area contributed by atoms with E-state index in [1.807, 2.05) is 12.1 Å². The second-order valence-electron chi connectivity index (χ2n) is 6.03. The maximum absolute atomic E-state index is 12.1. The number of aromatic amines is 1. The number of carbonyl (C=O) groups excluding carboxylic acids is 1. The molecule has 0 saturated carbocycles. The number of ether oxygens (including phenoxy) is 3. The smallest absolute Gasteiger partial charge is 0.260 e. The molecule has 2 N–H and O–H groups in total. The van der Waals surface area contributed by atoms with Gasteiger partial charge < -0.3 is 24.5 Å². The van der Waals surface area contributed by atoms with E-state index in [0.29, 0.717) is 18.1 Å². The molecule has 0 aliphatic carbocycles. The first kappa shape index (κ1) is 18.0. The molecule has 1 amide bonds. The van der Waals surface area contributed by atoms with Gasteiger partial charge in [-0.1, -0.05) is 6.07 Å². The molecule has 0 radical (unpaired) electrons. The first-order valence-electron chi connectivity index (χ1n) is 8.54. The van der Waals surface area contributed by atoms with Crippen LogP contribution in [-0.4, -0.2) is 37.3 Å². The lowest BCUT2D eigenvalue weighted by molar-refractivity contribution is 0.0669. The van der Waals surface area contributed by atoms with Gasteiger partial charge in [-0.15, -0.1) is 0 Å². The summed E-state index contributed by atoms with van der Waals surface area (Å²) in [6.07, 6.45) is 3.68. The van der Waals surface area contributed by atoms with Crippen molar-refractivity contribution >= 4 is 5.91 Å². The van der Waals surface area contributed by atoms with E-state index in [-0.39, 0.29) is 18.2 Å². The summed E-state index contributed by atoms with van der Waals surface area (Å²) in [5.41, 5.74) is 0.503. The zero-order valence-corrected chi connectivity index (χ0v) is 14.6. The summed E-state index contributed by atoms with van der Waals surface area (Å²) in [5, 5.41) is 2.73. The lowest BCUT2D eigenvalue weighted by Gasteiger charge is -2.15. The van der Waals surface area contributed by atoms with Crippen LogP contribution >= 0.6 is 0 Å². The Kier molecular flexibility index (Phi) is 5.91. The molecule has 0 spiro atoms. The molecule has 1 aromatic heterocycles. The number of pyridine rings is 1. The van der Waals surface area contributed by atoms with Gasteiger partial charge in [0.2, 0.25) is 0 Å². The highest BCUT2D eigenvalue weighted by atomic mass is 16.5. The fraction of sp³-hybridized carbons (Fsp3) is 0.368. The van der Waals surface area contributed by atoms with Crippen molar-refractivity contribution in [2.75, 3.05) is 20.3 Å². The monoisotopic (exact) mass is 358 g/mol. The van der Waals surface area contributed by atoms with Gasteiger partial charge in [0.05, 0.1) is 13.2 Å². The van der Waals surface area contributed by atoms with Crippen molar-refractivity contribution < 1.29 is 19.0 Å². The molecule has 1 unspecified atom stereocenters. The van der Waals surface area contributed by atoms with Crippen LogP contribution in [0.15, 0.2) is 41.3 Å². The first-order chi connectivity index (χ1) is 12.7. The van der Waals surface area contributed by atoms with E-state index in [1.54, 1.807) is 19.2 Å². The highest BCUT2D eigenvalue weighted by molar-refractivity contribution is 5.93. The molecular formula is C19H22N2O5. The summed E-state index contributed by atoms with van der Waals surface area (Å²) >= 11 is 0. The zero-order valence-electron chi connectivity index (χ0n) is 14.6. The minimum atomic E-state index is -0.426. The molecule has 1 aliphatic rings. The van der Waals surface area contributed by atoms with Crippen molar-refractivity contribution in [3.8, 4) is 11.5 Å². The number of hydrogen-bond acceptors (Lipinski definition) is 5. The predicted octanol–water partition coefficient (Wildman–Crippen LogP) is 1.87. The van der Waals surface area contributed by atoms with Crippen molar-refractivity contribution in [3.05, 3.63) is 58.0 Å². The van der Waals surface area contributed by atoms with Crippen molar-refractivity contribution in [1.29, 1.82) is 0 Å². The predicted molar refractivity (Wildman–Crippen MR) is 95.7 cm³/mol. The number of hydrogen-bond donors (Lipinski definition) is 2. The third kappa shape index (κ3) is 4.43. The van der Waals surface area contributed by atoms with E-state index >= 15 is 0 Å². The Morgan fingerprint density at radius 3 is 2.96 bits per heavy atom. The molecular weight excluding hydrogens is 336 g/mol. The van der Waals surface area contributed by atoms with Gasteiger partial charge in [-0.2, -0.15) is 0 Å². The molecule has 1 saturated heterocycles. The molecule has 7 nitrogen and oxygen atoms in total. The van der Waals surface area contributed by atoms with E-state index in [4.69, 9.17) is 14.2 Å². The average molecular weight is 358 g/mol. The molecule has 0 bridgehead atoms. The quantitative estimate of drug-likeness (QED) is 0.789. The van der Waals surface area contributed by atoms with E-state index in [2.05, 4.69) is 10.3 Å². The molecule has 2 aromatic rings. The molecule has 1 atom stereocenters. The van der Waals surface area contributed by atoms with E-state index in [1.165, 1.54) is 12.3 Å². The van der Waals surface area contributed by atoms with Gasteiger partial charge in [-0.05, 0) is 42.7 Å². The second kappa shape index (κ2) is 8.53. The Morgan fingerprint density at radius 2 is 2.23 bits per heavy atom. The number of benzene rings is 1. The molecule has 138 valence electrons. The van der Waals surface area contributed by atoms with E-state index in [9.17, 15) is 9.59 Å². The number of H-pyrrole nitrogens is 1.